The summed E-state index contributed by atoms with van der Waals surface area (Å²) in [5.41, 5.74) is 3.93. The summed E-state index contributed by atoms with van der Waals surface area (Å²) in [5.74, 6) is 0.264. The fourth-order valence-corrected chi connectivity index (χ4v) is 2.36. The summed E-state index contributed by atoms with van der Waals surface area (Å²) in [4.78, 5) is 23.8. The topological polar surface area (TPSA) is 67.4 Å². The number of amides is 2. The highest BCUT2D eigenvalue weighted by Gasteiger charge is 2.09. The van der Waals surface area contributed by atoms with Crippen LogP contribution in [-0.4, -0.2) is 25.0 Å². The lowest BCUT2D eigenvalue weighted by Crippen LogP contribution is -2.33. The lowest BCUT2D eigenvalue weighted by molar-refractivity contribution is -0.124. The predicted molar refractivity (Wildman–Crippen MR) is 98.8 cm³/mol. The molecule has 0 aromatic heterocycles. The molecular formula is C20H24N2O3. The SMILES string of the molecule is Cc1ccc(OCCC(=O)NCC(=O)Nc2c(C)cccc2C)cc1. The maximum atomic E-state index is 12.0. The molecule has 0 aliphatic rings. The van der Waals surface area contributed by atoms with Gasteiger partial charge in [-0.1, -0.05) is 35.9 Å². The predicted octanol–water partition coefficient (Wildman–Crippen LogP) is 3.14. The second-order valence-electron chi connectivity index (χ2n) is 6.00. The van der Waals surface area contributed by atoms with Gasteiger partial charge in [0.05, 0.1) is 19.6 Å². The number of aryl methyl sites for hydroxylation is 3. The molecule has 2 N–H and O–H groups in total. The van der Waals surface area contributed by atoms with E-state index in [2.05, 4.69) is 10.6 Å². The Morgan fingerprint density at radius 1 is 0.920 bits per heavy atom. The van der Waals surface area contributed by atoms with Crippen molar-refractivity contribution in [2.24, 2.45) is 0 Å². The summed E-state index contributed by atoms with van der Waals surface area (Å²) in [7, 11) is 0. The molecule has 0 aliphatic heterocycles. The first-order valence-electron chi connectivity index (χ1n) is 8.28. The Balaban J connectivity index is 1.70. The van der Waals surface area contributed by atoms with E-state index in [-0.39, 0.29) is 31.4 Å². The van der Waals surface area contributed by atoms with Gasteiger partial charge in [0, 0.05) is 5.69 Å². The summed E-state index contributed by atoms with van der Waals surface area (Å²) in [5, 5.41) is 5.44. The van der Waals surface area contributed by atoms with Crippen LogP contribution in [-0.2, 0) is 9.59 Å². The molecule has 0 saturated carbocycles. The summed E-state index contributed by atoms with van der Waals surface area (Å²) < 4.78 is 5.50. The van der Waals surface area contributed by atoms with Gasteiger partial charge in [-0.05, 0) is 44.0 Å². The van der Waals surface area contributed by atoms with Crippen molar-refractivity contribution in [1.29, 1.82) is 0 Å². The van der Waals surface area contributed by atoms with Crippen molar-refractivity contribution >= 4 is 17.5 Å². The van der Waals surface area contributed by atoms with Crippen molar-refractivity contribution in [1.82, 2.24) is 5.32 Å². The Hall–Kier alpha value is -2.82. The first-order chi connectivity index (χ1) is 12.0. The number of para-hydroxylation sites is 1. The number of hydrogen-bond donors (Lipinski definition) is 2. The van der Waals surface area contributed by atoms with Crippen molar-refractivity contribution in [3.63, 3.8) is 0 Å². The van der Waals surface area contributed by atoms with Crippen molar-refractivity contribution in [2.75, 3.05) is 18.5 Å². The van der Waals surface area contributed by atoms with Crippen LogP contribution in [0.15, 0.2) is 42.5 Å². The van der Waals surface area contributed by atoms with Crippen molar-refractivity contribution in [2.45, 2.75) is 27.2 Å². The molecule has 0 unspecified atom stereocenters. The lowest BCUT2D eigenvalue weighted by Gasteiger charge is -2.12. The van der Waals surface area contributed by atoms with Crippen LogP contribution in [0, 0.1) is 20.8 Å². The smallest absolute Gasteiger partial charge is 0.243 e. The van der Waals surface area contributed by atoms with E-state index in [9.17, 15) is 9.59 Å². The van der Waals surface area contributed by atoms with Crippen LogP contribution in [0.5, 0.6) is 5.75 Å². The number of hydrogen-bond acceptors (Lipinski definition) is 3. The van der Waals surface area contributed by atoms with Crippen LogP contribution in [0.2, 0.25) is 0 Å². The molecule has 0 bridgehead atoms. The first-order valence-corrected chi connectivity index (χ1v) is 8.28. The third-order valence-corrected chi connectivity index (χ3v) is 3.81. The number of carbonyl (C=O) groups is 2. The second-order valence-corrected chi connectivity index (χ2v) is 6.00. The average molecular weight is 340 g/mol. The average Bonchev–Trinajstić information content (AvgIpc) is 2.58. The largest absolute Gasteiger partial charge is 0.493 e. The molecule has 0 heterocycles. The van der Waals surface area contributed by atoms with Gasteiger partial charge in [-0.15, -0.1) is 0 Å². The zero-order valence-electron chi connectivity index (χ0n) is 14.9. The molecule has 0 radical (unpaired) electrons. The highest BCUT2D eigenvalue weighted by molar-refractivity contribution is 5.95. The Kier molecular flexibility index (Phi) is 6.57. The van der Waals surface area contributed by atoms with Gasteiger partial charge in [-0.3, -0.25) is 9.59 Å². The van der Waals surface area contributed by atoms with Gasteiger partial charge in [0.2, 0.25) is 11.8 Å². The monoisotopic (exact) mass is 340 g/mol. The maximum absolute atomic E-state index is 12.0. The Bertz CT molecular complexity index is 719. The summed E-state index contributed by atoms with van der Waals surface area (Å²) in [6.07, 6.45) is 0.199. The van der Waals surface area contributed by atoms with Gasteiger partial charge in [-0.2, -0.15) is 0 Å². The summed E-state index contributed by atoms with van der Waals surface area (Å²) in [6, 6.07) is 13.4. The molecule has 0 spiro atoms. The van der Waals surface area contributed by atoms with Gasteiger partial charge in [0.1, 0.15) is 5.75 Å². The van der Waals surface area contributed by atoms with Gasteiger partial charge in [0.15, 0.2) is 0 Å². The van der Waals surface area contributed by atoms with Gasteiger partial charge < -0.3 is 15.4 Å². The number of ether oxygens (including phenoxy) is 1. The quantitative estimate of drug-likeness (QED) is 0.814. The Morgan fingerprint density at radius 2 is 1.56 bits per heavy atom. The van der Waals surface area contributed by atoms with E-state index in [4.69, 9.17) is 4.74 Å². The van der Waals surface area contributed by atoms with Crippen LogP contribution in [0.1, 0.15) is 23.1 Å². The van der Waals surface area contributed by atoms with E-state index in [1.807, 2.05) is 63.2 Å². The minimum atomic E-state index is -0.245. The standard InChI is InChI=1S/C20H24N2O3/c1-14-7-9-17(10-8-14)25-12-11-18(23)21-13-19(24)22-20-15(2)5-4-6-16(20)3/h4-10H,11-13H2,1-3H3,(H,21,23)(H,22,24). The molecule has 0 fully saturated rings. The first kappa shape index (κ1) is 18.5. The van der Waals surface area contributed by atoms with Gasteiger partial charge >= 0.3 is 0 Å². The molecular weight excluding hydrogens is 316 g/mol. The van der Waals surface area contributed by atoms with Gasteiger partial charge in [-0.25, -0.2) is 0 Å². The molecule has 132 valence electrons. The van der Waals surface area contributed by atoms with Gasteiger partial charge in [0.25, 0.3) is 0 Å². The fourth-order valence-electron chi connectivity index (χ4n) is 2.36. The fraction of sp³-hybridized carbons (Fsp3) is 0.300. The summed E-state index contributed by atoms with van der Waals surface area (Å²) >= 11 is 0. The third-order valence-electron chi connectivity index (χ3n) is 3.81. The lowest BCUT2D eigenvalue weighted by atomic mass is 10.1. The van der Waals surface area contributed by atoms with E-state index < -0.39 is 0 Å². The van der Waals surface area contributed by atoms with Crippen LogP contribution in [0.3, 0.4) is 0 Å². The number of benzene rings is 2. The maximum Gasteiger partial charge on any atom is 0.243 e. The summed E-state index contributed by atoms with van der Waals surface area (Å²) in [6.45, 7) is 6.08. The highest BCUT2D eigenvalue weighted by atomic mass is 16.5. The van der Waals surface area contributed by atoms with Crippen LogP contribution < -0.4 is 15.4 Å². The van der Waals surface area contributed by atoms with E-state index in [0.717, 1.165) is 28.1 Å². The van der Waals surface area contributed by atoms with Crippen molar-refractivity contribution < 1.29 is 14.3 Å². The molecule has 0 saturated heterocycles. The Labute approximate surface area is 148 Å². The molecule has 2 aromatic carbocycles. The minimum absolute atomic E-state index is 0.0584. The Morgan fingerprint density at radius 3 is 2.20 bits per heavy atom. The molecule has 0 aliphatic carbocycles. The van der Waals surface area contributed by atoms with E-state index >= 15 is 0 Å². The molecule has 2 amide bonds. The van der Waals surface area contributed by atoms with E-state index in [1.54, 1.807) is 0 Å². The highest BCUT2D eigenvalue weighted by Crippen LogP contribution is 2.19. The second kappa shape index (κ2) is 8.87. The van der Waals surface area contributed by atoms with Crippen molar-refractivity contribution in [3.8, 4) is 5.75 Å². The molecule has 5 nitrogen and oxygen atoms in total. The van der Waals surface area contributed by atoms with Crippen molar-refractivity contribution in [3.05, 3.63) is 59.2 Å². The normalized spacial score (nSPS) is 10.2. The van der Waals surface area contributed by atoms with Crippen LogP contribution in [0.4, 0.5) is 5.69 Å². The minimum Gasteiger partial charge on any atom is -0.493 e. The zero-order valence-corrected chi connectivity index (χ0v) is 14.9. The third kappa shape index (κ3) is 5.95. The number of anilines is 1. The van der Waals surface area contributed by atoms with E-state index in [1.165, 1.54) is 0 Å². The molecule has 2 aromatic rings. The van der Waals surface area contributed by atoms with E-state index in [0.29, 0.717) is 0 Å². The zero-order chi connectivity index (χ0) is 18.2. The number of carbonyl (C=O) groups excluding carboxylic acids is 2. The van der Waals surface area contributed by atoms with Crippen LogP contribution >= 0.6 is 0 Å². The number of rotatable bonds is 7. The number of nitrogens with one attached hydrogen (secondary N) is 2. The molecule has 5 heteroatoms. The molecule has 25 heavy (non-hydrogen) atoms. The molecule has 0 atom stereocenters. The van der Waals surface area contributed by atoms with Crippen LogP contribution in [0.25, 0.3) is 0 Å². The molecule has 2 rings (SSSR count).